The Kier molecular flexibility index (Phi) is 2.70. The van der Waals surface area contributed by atoms with Gasteiger partial charge in [-0.25, -0.2) is 9.37 Å². The minimum absolute atomic E-state index is 0.344. The fraction of sp³-hybridized carbons (Fsp3) is 0.263. The second kappa shape index (κ2) is 4.97. The molecule has 0 spiro atoms. The smallest absolute Gasteiger partial charge is 0.155 e. The van der Waals surface area contributed by atoms with Gasteiger partial charge in [-0.15, -0.1) is 0 Å². The van der Waals surface area contributed by atoms with Crippen LogP contribution in [0.4, 0.5) is 4.39 Å². The minimum atomic E-state index is -0.344. The Labute approximate surface area is 148 Å². The summed E-state index contributed by atoms with van der Waals surface area (Å²) in [7, 11) is 0. The van der Waals surface area contributed by atoms with Crippen LogP contribution in [0.2, 0.25) is 0 Å². The summed E-state index contributed by atoms with van der Waals surface area (Å²) in [6.45, 7) is 0. The normalized spacial score (nSPS) is 20.8. The van der Waals surface area contributed by atoms with Gasteiger partial charge in [0.05, 0.1) is 29.8 Å². The summed E-state index contributed by atoms with van der Waals surface area (Å²) in [4.78, 5) is 8.65. The molecule has 2 atom stereocenters. The van der Waals surface area contributed by atoms with Gasteiger partial charge >= 0.3 is 0 Å². The molecule has 26 heavy (non-hydrogen) atoms. The first-order chi connectivity index (χ1) is 12.8. The molecule has 1 fully saturated rings. The topological polar surface area (TPSA) is 72.3 Å². The van der Waals surface area contributed by atoms with Crippen LogP contribution in [-0.4, -0.2) is 29.9 Å². The van der Waals surface area contributed by atoms with E-state index in [1.54, 1.807) is 18.5 Å². The third-order valence-corrected chi connectivity index (χ3v) is 5.68. The van der Waals surface area contributed by atoms with Gasteiger partial charge in [0, 0.05) is 23.1 Å². The van der Waals surface area contributed by atoms with E-state index in [0.717, 1.165) is 34.3 Å². The van der Waals surface area contributed by atoms with Crippen LogP contribution in [-0.2, 0) is 0 Å². The summed E-state index contributed by atoms with van der Waals surface area (Å²) in [5.74, 6) is 0.176. The molecule has 0 aromatic carbocycles. The zero-order valence-corrected chi connectivity index (χ0v) is 13.9. The standard InChI is InChI=1S/C19H15FN6/c20-11-2-4-15(22-8-11)17-16(13-5-6-21-19-14(13)9-23-24-19)18-10-1-3-12(7-10)26(18)25-17/h2,4-6,8-10,12H,1,3,7H2,(H,21,23,24)/t10-,12+/m1/s1. The van der Waals surface area contributed by atoms with Crippen molar-refractivity contribution in [3.05, 3.63) is 48.3 Å². The lowest BCUT2D eigenvalue weighted by molar-refractivity contribution is 0.477. The lowest BCUT2D eigenvalue weighted by Crippen LogP contribution is -2.07. The van der Waals surface area contributed by atoms with E-state index in [-0.39, 0.29) is 5.82 Å². The lowest BCUT2D eigenvalue weighted by atomic mass is 9.93. The molecule has 0 radical (unpaired) electrons. The number of aromatic nitrogens is 6. The van der Waals surface area contributed by atoms with Gasteiger partial charge in [-0.2, -0.15) is 10.2 Å². The van der Waals surface area contributed by atoms with Crippen LogP contribution in [0.1, 0.15) is 36.9 Å². The molecule has 4 aromatic heterocycles. The van der Waals surface area contributed by atoms with Crippen molar-refractivity contribution >= 4 is 11.0 Å². The molecule has 1 aliphatic heterocycles. The fourth-order valence-corrected chi connectivity index (χ4v) is 4.57. The summed E-state index contributed by atoms with van der Waals surface area (Å²) in [6, 6.07) is 5.61. The third kappa shape index (κ3) is 1.80. The average Bonchev–Trinajstić information content (AvgIpc) is 3.42. The molecule has 6 rings (SSSR count). The van der Waals surface area contributed by atoms with Crippen molar-refractivity contribution in [3.63, 3.8) is 0 Å². The molecule has 5 heterocycles. The number of aromatic amines is 1. The van der Waals surface area contributed by atoms with E-state index in [0.29, 0.717) is 17.7 Å². The predicted molar refractivity (Wildman–Crippen MR) is 93.9 cm³/mol. The van der Waals surface area contributed by atoms with E-state index in [4.69, 9.17) is 5.10 Å². The molecule has 1 N–H and O–H groups in total. The number of halogens is 1. The van der Waals surface area contributed by atoms with E-state index in [1.165, 1.54) is 30.8 Å². The van der Waals surface area contributed by atoms with Gasteiger partial charge in [-0.1, -0.05) is 0 Å². The van der Waals surface area contributed by atoms with E-state index in [9.17, 15) is 4.39 Å². The Morgan fingerprint density at radius 1 is 1.12 bits per heavy atom. The maximum Gasteiger partial charge on any atom is 0.155 e. The van der Waals surface area contributed by atoms with Crippen LogP contribution in [0.15, 0.2) is 36.8 Å². The summed E-state index contributed by atoms with van der Waals surface area (Å²) >= 11 is 0. The highest BCUT2D eigenvalue weighted by Gasteiger charge is 2.42. The Balaban J connectivity index is 1.68. The van der Waals surface area contributed by atoms with Gasteiger partial charge in [0.25, 0.3) is 0 Å². The molecule has 1 aliphatic carbocycles. The summed E-state index contributed by atoms with van der Waals surface area (Å²) in [5, 5.41) is 13.0. The molecule has 128 valence electrons. The van der Waals surface area contributed by atoms with Crippen molar-refractivity contribution in [3.8, 4) is 22.5 Å². The monoisotopic (exact) mass is 346 g/mol. The molecular formula is C19H15FN6. The van der Waals surface area contributed by atoms with E-state index < -0.39 is 0 Å². The van der Waals surface area contributed by atoms with Crippen LogP contribution in [0.3, 0.4) is 0 Å². The highest BCUT2D eigenvalue weighted by atomic mass is 19.1. The Morgan fingerprint density at radius 2 is 2.08 bits per heavy atom. The van der Waals surface area contributed by atoms with Gasteiger partial charge in [0.1, 0.15) is 11.5 Å². The lowest BCUT2D eigenvalue weighted by Gasteiger charge is -2.14. The predicted octanol–water partition coefficient (Wildman–Crippen LogP) is 3.84. The van der Waals surface area contributed by atoms with Gasteiger partial charge in [0.15, 0.2) is 5.65 Å². The van der Waals surface area contributed by atoms with E-state index >= 15 is 0 Å². The van der Waals surface area contributed by atoms with Crippen molar-refractivity contribution in [2.24, 2.45) is 0 Å². The number of hydrogen-bond acceptors (Lipinski definition) is 4. The minimum Gasteiger partial charge on any atom is -0.265 e. The first-order valence-corrected chi connectivity index (χ1v) is 8.82. The summed E-state index contributed by atoms with van der Waals surface area (Å²) in [5.41, 5.74) is 5.67. The summed E-state index contributed by atoms with van der Waals surface area (Å²) in [6.07, 6.45) is 8.36. The van der Waals surface area contributed by atoms with Gasteiger partial charge in [-0.3, -0.25) is 14.8 Å². The zero-order valence-electron chi connectivity index (χ0n) is 13.9. The second-order valence-corrected chi connectivity index (χ2v) is 7.07. The maximum absolute atomic E-state index is 13.4. The van der Waals surface area contributed by atoms with Gasteiger partial charge < -0.3 is 0 Å². The van der Waals surface area contributed by atoms with Crippen LogP contribution in [0.5, 0.6) is 0 Å². The van der Waals surface area contributed by atoms with Crippen molar-refractivity contribution in [1.82, 2.24) is 29.9 Å². The van der Waals surface area contributed by atoms with Crippen LogP contribution in [0.25, 0.3) is 33.5 Å². The molecule has 1 saturated carbocycles. The second-order valence-electron chi connectivity index (χ2n) is 7.07. The number of nitrogens with zero attached hydrogens (tertiary/aromatic N) is 5. The number of pyridine rings is 2. The molecule has 6 nitrogen and oxygen atoms in total. The Hall–Kier alpha value is -3.09. The van der Waals surface area contributed by atoms with Crippen molar-refractivity contribution < 1.29 is 4.39 Å². The molecular weight excluding hydrogens is 331 g/mol. The Morgan fingerprint density at radius 3 is 2.96 bits per heavy atom. The quantitative estimate of drug-likeness (QED) is 0.598. The maximum atomic E-state index is 13.4. The zero-order chi connectivity index (χ0) is 17.3. The number of hydrogen-bond donors (Lipinski definition) is 1. The first-order valence-electron chi connectivity index (χ1n) is 8.82. The largest absolute Gasteiger partial charge is 0.265 e. The number of H-pyrrole nitrogens is 1. The van der Waals surface area contributed by atoms with Crippen molar-refractivity contribution in [2.75, 3.05) is 0 Å². The third-order valence-electron chi connectivity index (χ3n) is 5.68. The molecule has 7 heteroatoms. The van der Waals surface area contributed by atoms with Crippen molar-refractivity contribution in [1.29, 1.82) is 0 Å². The van der Waals surface area contributed by atoms with Crippen LogP contribution < -0.4 is 0 Å². The fourth-order valence-electron chi connectivity index (χ4n) is 4.57. The molecule has 2 aliphatic rings. The number of rotatable bonds is 2. The summed E-state index contributed by atoms with van der Waals surface area (Å²) < 4.78 is 15.6. The SMILES string of the molecule is Fc1ccc(-c2nn3c(c2-c2ccnc4[nH]ncc24)[C@@H]2CC[C@H]3C2)nc1. The van der Waals surface area contributed by atoms with Crippen LogP contribution in [0, 0.1) is 5.82 Å². The van der Waals surface area contributed by atoms with E-state index in [2.05, 4.69) is 24.8 Å². The van der Waals surface area contributed by atoms with E-state index in [1.807, 2.05) is 6.07 Å². The first kappa shape index (κ1) is 14.1. The van der Waals surface area contributed by atoms with Crippen molar-refractivity contribution in [2.45, 2.75) is 31.2 Å². The molecule has 0 saturated heterocycles. The van der Waals surface area contributed by atoms with Crippen LogP contribution >= 0.6 is 0 Å². The number of nitrogens with one attached hydrogen (secondary N) is 1. The highest BCUT2D eigenvalue weighted by molar-refractivity contribution is 5.97. The molecule has 0 amide bonds. The number of fused-ring (bicyclic) bond motifs is 6. The highest BCUT2D eigenvalue weighted by Crippen LogP contribution is 2.54. The van der Waals surface area contributed by atoms with Gasteiger partial charge in [-0.05, 0) is 43.0 Å². The van der Waals surface area contributed by atoms with Gasteiger partial charge in [0.2, 0.25) is 0 Å². The average molecular weight is 346 g/mol. The molecule has 4 aromatic rings. The molecule has 2 bridgehead atoms. The molecule has 0 unspecified atom stereocenters. The Bertz CT molecular complexity index is 1140.